The molecule has 26 heavy (non-hydrogen) atoms. The fourth-order valence-electron chi connectivity index (χ4n) is 3.04. The fourth-order valence-corrected chi connectivity index (χ4v) is 3.04. The minimum absolute atomic E-state index is 0.0489. The fraction of sp³-hybridized carbons (Fsp3) is 0.588. The number of nitrogens with one attached hydrogen (secondary N) is 1. The van der Waals surface area contributed by atoms with Crippen LogP contribution in [0.25, 0.3) is 0 Å². The Balaban J connectivity index is 1.79. The summed E-state index contributed by atoms with van der Waals surface area (Å²) in [5.41, 5.74) is 0.370. The second kappa shape index (κ2) is 6.77. The van der Waals surface area contributed by atoms with Gasteiger partial charge in [-0.05, 0) is 45.7 Å². The SMILES string of the molecule is CCn1nccc1C(C)NC(=O)C(C)n1nc(C(F)(F)F)cc1C1CC1. The van der Waals surface area contributed by atoms with E-state index in [0.717, 1.165) is 24.6 Å². The van der Waals surface area contributed by atoms with Crippen molar-refractivity contribution in [2.45, 2.75) is 64.3 Å². The van der Waals surface area contributed by atoms with Crippen molar-refractivity contribution in [3.05, 3.63) is 35.4 Å². The number of carbonyl (C=O) groups is 1. The predicted molar refractivity (Wildman–Crippen MR) is 88.4 cm³/mol. The smallest absolute Gasteiger partial charge is 0.346 e. The molecule has 2 aromatic heterocycles. The van der Waals surface area contributed by atoms with E-state index in [4.69, 9.17) is 0 Å². The quantitative estimate of drug-likeness (QED) is 0.848. The highest BCUT2D eigenvalue weighted by Crippen LogP contribution is 2.43. The van der Waals surface area contributed by atoms with E-state index in [0.29, 0.717) is 12.2 Å². The number of aromatic nitrogens is 4. The first-order chi connectivity index (χ1) is 12.2. The number of rotatable bonds is 6. The van der Waals surface area contributed by atoms with Gasteiger partial charge < -0.3 is 5.32 Å². The van der Waals surface area contributed by atoms with Crippen molar-refractivity contribution in [1.82, 2.24) is 24.9 Å². The molecule has 1 aliphatic carbocycles. The summed E-state index contributed by atoms with van der Waals surface area (Å²) < 4.78 is 42.1. The molecule has 1 saturated carbocycles. The molecule has 0 saturated heterocycles. The third-order valence-electron chi connectivity index (χ3n) is 4.65. The van der Waals surface area contributed by atoms with Crippen LogP contribution in [0.5, 0.6) is 0 Å². The summed E-state index contributed by atoms with van der Waals surface area (Å²) in [4.78, 5) is 12.6. The van der Waals surface area contributed by atoms with Gasteiger partial charge in [-0.1, -0.05) is 0 Å². The van der Waals surface area contributed by atoms with E-state index >= 15 is 0 Å². The van der Waals surface area contributed by atoms with Gasteiger partial charge in [-0.25, -0.2) is 0 Å². The van der Waals surface area contributed by atoms with Crippen molar-refractivity contribution in [3.63, 3.8) is 0 Å². The Morgan fingerprint density at radius 2 is 2.08 bits per heavy atom. The number of carbonyl (C=O) groups excluding carboxylic acids is 1. The molecule has 0 bridgehead atoms. The molecule has 1 amide bonds. The second-order valence-corrected chi connectivity index (χ2v) is 6.65. The molecule has 0 spiro atoms. The minimum atomic E-state index is -4.52. The van der Waals surface area contributed by atoms with Crippen molar-refractivity contribution >= 4 is 5.91 Å². The van der Waals surface area contributed by atoms with Crippen LogP contribution in [0.3, 0.4) is 0 Å². The zero-order chi connectivity index (χ0) is 19.1. The first-order valence-corrected chi connectivity index (χ1v) is 8.71. The van der Waals surface area contributed by atoms with Crippen LogP contribution in [0.15, 0.2) is 18.3 Å². The van der Waals surface area contributed by atoms with Crippen molar-refractivity contribution in [2.75, 3.05) is 0 Å². The predicted octanol–water partition coefficient (Wildman–Crippen LogP) is 3.43. The third kappa shape index (κ3) is 3.61. The van der Waals surface area contributed by atoms with Crippen LogP contribution in [0.2, 0.25) is 0 Å². The van der Waals surface area contributed by atoms with E-state index in [2.05, 4.69) is 15.5 Å². The monoisotopic (exact) mass is 369 g/mol. The highest BCUT2D eigenvalue weighted by atomic mass is 19.4. The normalized spacial score (nSPS) is 17.2. The molecule has 0 aromatic carbocycles. The van der Waals surface area contributed by atoms with Crippen molar-refractivity contribution < 1.29 is 18.0 Å². The number of nitrogens with zero attached hydrogens (tertiary/aromatic N) is 4. The van der Waals surface area contributed by atoms with Gasteiger partial charge in [0.15, 0.2) is 5.69 Å². The van der Waals surface area contributed by atoms with Gasteiger partial charge in [0.25, 0.3) is 0 Å². The topological polar surface area (TPSA) is 64.7 Å². The molecule has 2 aromatic rings. The lowest BCUT2D eigenvalue weighted by atomic mass is 10.2. The van der Waals surface area contributed by atoms with Gasteiger partial charge in [-0.15, -0.1) is 0 Å². The maximum Gasteiger partial charge on any atom is 0.435 e. The number of amides is 1. The Labute approximate surface area is 149 Å². The summed E-state index contributed by atoms with van der Waals surface area (Å²) in [6.07, 6.45) is -1.22. The Morgan fingerprint density at radius 3 is 2.65 bits per heavy atom. The summed E-state index contributed by atoms with van der Waals surface area (Å²) in [7, 11) is 0. The van der Waals surface area contributed by atoms with E-state index in [-0.39, 0.29) is 17.9 Å². The maximum absolute atomic E-state index is 13.0. The molecule has 2 atom stereocenters. The average molecular weight is 369 g/mol. The van der Waals surface area contributed by atoms with Crippen LogP contribution in [-0.4, -0.2) is 25.5 Å². The van der Waals surface area contributed by atoms with Crippen LogP contribution < -0.4 is 5.32 Å². The first-order valence-electron chi connectivity index (χ1n) is 8.71. The summed E-state index contributed by atoms with van der Waals surface area (Å²) in [5, 5.41) is 10.7. The van der Waals surface area contributed by atoms with Gasteiger partial charge in [-0.2, -0.15) is 23.4 Å². The van der Waals surface area contributed by atoms with Crippen LogP contribution in [-0.2, 0) is 17.5 Å². The molecular formula is C17H22F3N5O. The van der Waals surface area contributed by atoms with Gasteiger partial charge in [0.05, 0.1) is 11.7 Å². The van der Waals surface area contributed by atoms with Crippen LogP contribution >= 0.6 is 0 Å². The van der Waals surface area contributed by atoms with E-state index in [1.54, 1.807) is 17.8 Å². The number of aryl methyl sites for hydroxylation is 1. The van der Waals surface area contributed by atoms with E-state index in [9.17, 15) is 18.0 Å². The van der Waals surface area contributed by atoms with E-state index in [1.807, 2.05) is 19.9 Å². The van der Waals surface area contributed by atoms with Gasteiger partial charge in [0.1, 0.15) is 6.04 Å². The molecule has 6 nitrogen and oxygen atoms in total. The maximum atomic E-state index is 13.0. The molecule has 1 N–H and O–H groups in total. The number of halogens is 3. The van der Waals surface area contributed by atoms with E-state index in [1.165, 1.54) is 4.68 Å². The Morgan fingerprint density at radius 1 is 1.38 bits per heavy atom. The number of alkyl halides is 3. The summed E-state index contributed by atoms with van der Waals surface area (Å²) in [5.74, 6) is -0.326. The molecule has 0 aliphatic heterocycles. The molecule has 142 valence electrons. The Bertz CT molecular complexity index is 791. The highest BCUT2D eigenvalue weighted by molar-refractivity contribution is 5.80. The molecule has 3 rings (SSSR count). The minimum Gasteiger partial charge on any atom is -0.346 e. The second-order valence-electron chi connectivity index (χ2n) is 6.65. The largest absolute Gasteiger partial charge is 0.435 e. The molecule has 2 heterocycles. The average Bonchev–Trinajstić information content (AvgIpc) is 3.13. The van der Waals surface area contributed by atoms with Gasteiger partial charge in [-0.3, -0.25) is 14.2 Å². The first kappa shape index (κ1) is 18.5. The molecule has 1 fully saturated rings. The van der Waals surface area contributed by atoms with Crippen LogP contribution in [0, 0.1) is 0 Å². The molecule has 9 heteroatoms. The molecule has 0 radical (unpaired) electrons. The van der Waals surface area contributed by atoms with Gasteiger partial charge in [0, 0.05) is 24.4 Å². The molecule has 1 aliphatic rings. The summed E-state index contributed by atoms with van der Waals surface area (Å²) >= 11 is 0. The van der Waals surface area contributed by atoms with Crippen molar-refractivity contribution in [3.8, 4) is 0 Å². The van der Waals surface area contributed by atoms with Crippen molar-refractivity contribution in [2.24, 2.45) is 0 Å². The zero-order valence-corrected chi connectivity index (χ0v) is 14.9. The molecule has 2 unspecified atom stereocenters. The van der Waals surface area contributed by atoms with Gasteiger partial charge >= 0.3 is 6.18 Å². The van der Waals surface area contributed by atoms with Crippen LogP contribution in [0.1, 0.15) is 68.7 Å². The molecular weight excluding hydrogens is 347 g/mol. The Kier molecular flexibility index (Phi) is 4.81. The van der Waals surface area contributed by atoms with Crippen molar-refractivity contribution in [1.29, 1.82) is 0 Å². The lowest BCUT2D eigenvalue weighted by Crippen LogP contribution is -2.35. The summed E-state index contributed by atoms with van der Waals surface area (Å²) in [6.45, 7) is 5.99. The lowest BCUT2D eigenvalue weighted by Gasteiger charge is -2.20. The number of hydrogen-bond donors (Lipinski definition) is 1. The zero-order valence-electron chi connectivity index (χ0n) is 14.9. The van der Waals surface area contributed by atoms with Gasteiger partial charge in [0.2, 0.25) is 5.91 Å². The van der Waals surface area contributed by atoms with Crippen LogP contribution in [0.4, 0.5) is 13.2 Å². The highest BCUT2D eigenvalue weighted by Gasteiger charge is 2.39. The number of hydrogen-bond acceptors (Lipinski definition) is 3. The summed E-state index contributed by atoms with van der Waals surface area (Å²) in [6, 6.07) is 1.73. The lowest BCUT2D eigenvalue weighted by molar-refractivity contribution is -0.142. The standard InChI is InChI=1S/C17H22F3N5O/c1-4-24-13(7-8-21-24)10(2)22-16(26)11(3)25-14(12-5-6-12)9-15(23-25)17(18,19)20/h7-12H,4-6H2,1-3H3,(H,22,26). The Hall–Kier alpha value is -2.32. The third-order valence-corrected chi connectivity index (χ3v) is 4.65. The van der Waals surface area contributed by atoms with E-state index < -0.39 is 17.9 Å².